The van der Waals surface area contributed by atoms with E-state index < -0.39 is 0 Å². The van der Waals surface area contributed by atoms with Gasteiger partial charge in [-0.15, -0.1) is 12.4 Å². The van der Waals surface area contributed by atoms with Crippen LogP contribution in [0.4, 0.5) is 0 Å². The Hall–Kier alpha value is -0.01000. The third-order valence-electron chi connectivity index (χ3n) is 1.66. The monoisotopic (exact) mass is 187 g/mol. The molecule has 0 atom stereocenters. The molecular weight excluding hydrogens is 179 g/mol. The SMILES string of the molecule is Cl.[Na].c1ccc2ccccc2c1. The van der Waals surface area contributed by atoms with E-state index in [1.807, 2.05) is 0 Å². The summed E-state index contributed by atoms with van der Waals surface area (Å²) in [6.07, 6.45) is 0. The van der Waals surface area contributed by atoms with Crippen molar-refractivity contribution in [3.63, 3.8) is 0 Å². The maximum atomic E-state index is 2.12. The summed E-state index contributed by atoms with van der Waals surface area (Å²) in [5.74, 6) is 0. The Bertz CT molecular complexity index is 281. The van der Waals surface area contributed by atoms with Gasteiger partial charge >= 0.3 is 0 Å². The van der Waals surface area contributed by atoms with E-state index in [1.165, 1.54) is 10.8 Å². The first-order valence-corrected chi connectivity index (χ1v) is 3.40. The fraction of sp³-hybridized carbons (Fsp3) is 0. The van der Waals surface area contributed by atoms with Gasteiger partial charge in [-0.1, -0.05) is 48.5 Å². The van der Waals surface area contributed by atoms with Crippen molar-refractivity contribution < 1.29 is 0 Å². The molecule has 2 rings (SSSR count). The summed E-state index contributed by atoms with van der Waals surface area (Å²) in [4.78, 5) is 0. The van der Waals surface area contributed by atoms with Gasteiger partial charge in [0.2, 0.25) is 0 Å². The second-order valence-electron chi connectivity index (χ2n) is 2.35. The van der Waals surface area contributed by atoms with E-state index in [0.29, 0.717) is 0 Å². The Morgan fingerprint density at radius 3 is 1.08 bits per heavy atom. The van der Waals surface area contributed by atoms with E-state index in [2.05, 4.69) is 48.5 Å². The van der Waals surface area contributed by atoms with E-state index in [0.717, 1.165) is 0 Å². The molecule has 0 aliphatic rings. The minimum Gasteiger partial charge on any atom is -0.147 e. The second kappa shape index (κ2) is 5.60. The number of benzene rings is 2. The molecule has 2 aromatic rings. The zero-order chi connectivity index (χ0) is 6.81. The largest absolute Gasteiger partial charge is 0.147 e. The second-order valence-corrected chi connectivity index (χ2v) is 2.35. The Morgan fingerprint density at radius 2 is 0.833 bits per heavy atom. The van der Waals surface area contributed by atoms with Gasteiger partial charge in [-0.2, -0.15) is 0 Å². The first-order valence-electron chi connectivity index (χ1n) is 3.40. The van der Waals surface area contributed by atoms with Crippen LogP contribution in [0.15, 0.2) is 48.5 Å². The third-order valence-corrected chi connectivity index (χ3v) is 1.66. The summed E-state index contributed by atoms with van der Waals surface area (Å²) < 4.78 is 0. The summed E-state index contributed by atoms with van der Waals surface area (Å²) in [6, 6.07) is 16.7. The Labute approximate surface area is 101 Å². The van der Waals surface area contributed by atoms with Crippen molar-refractivity contribution >= 4 is 52.7 Å². The van der Waals surface area contributed by atoms with Crippen molar-refractivity contribution in [1.29, 1.82) is 0 Å². The molecule has 0 heterocycles. The van der Waals surface area contributed by atoms with Crippen LogP contribution in [0.1, 0.15) is 0 Å². The molecule has 0 aliphatic heterocycles. The molecule has 0 nitrogen and oxygen atoms in total. The van der Waals surface area contributed by atoms with Crippen LogP contribution in [0.25, 0.3) is 10.8 Å². The summed E-state index contributed by atoms with van der Waals surface area (Å²) in [5, 5.41) is 2.62. The summed E-state index contributed by atoms with van der Waals surface area (Å²) in [6.45, 7) is 0. The molecule has 12 heavy (non-hydrogen) atoms. The zero-order valence-electron chi connectivity index (χ0n) is 7.03. The van der Waals surface area contributed by atoms with Gasteiger partial charge in [0.25, 0.3) is 0 Å². The molecule has 2 aromatic carbocycles. The van der Waals surface area contributed by atoms with Gasteiger partial charge in [0.05, 0.1) is 0 Å². The van der Waals surface area contributed by atoms with E-state index in [-0.39, 0.29) is 42.0 Å². The van der Waals surface area contributed by atoms with Crippen molar-refractivity contribution in [2.75, 3.05) is 0 Å². The number of fused-ring (bicyclic) bond motifs is 1. The molecule has 57 valence electrons. The van der Waals surface area contributed by atoms with Crippen molar-refractivity contribution in [1.82, 2.24) is 0 Å². The van der Waals surface area contributed by atoms with Crippen molar-refractivity contribution in [3.8, 4) is 0 Å². The Balaban J connectivity index is 0.000000605. The topological polar surface area (TPSA) is 0 Å². The van der Waals surface area contributed by atoms with Crippen molar-refractivity contribution in [3.05, 3.63) is 48.5 Å². The van der Waals surface area contributed by atoms with Gasteiger partial charge < -0.3 is 0 Å². The standard InChI is InChI=1S/C10H8.ClH.Na/c1-2-6-10-8-4-3-7-9(10)5-1;;/h1-8H;1H;. The van der Waals surface area contributed by atoms with Crippen LogP contribution < -0.4 is 0 Å². The summed E-state index contributed by atoms with van der Waals surface area (Å²) >= 11 is 0. The molecule has 0 saturated heterocycles. The fourth-order valence-corrected chi connectivity index (χ4v) is 1.13. The molecule has 0 N–H and O–H groups in total. The van der Waals surface area contributed by atoms with E-state index in [4.69, 9.17) is 0 Å². The molecule has 0 spiro atoms. The van der Waals surface area contributed by atoms with Crippen LogP contribution in [0.3, 0.4) is 0 Å². The first kappa shape index (κ1) is 12.0. The van der Waals surface area contributed by atoms with Crippen LogP contribution in [0, 0.1) is 0 Å². The van der Waals surface area contributed by atoms with Gasteiger partial charge in [-0.25, -0.2) is 0 Å². The predicted octanol–water partition coefficient (Wildman–Crippen LogP) is 2.88. The van der Waals surface area contributed by atoms with Crippen LogP contribution in [0.5, 0.6) is 0 Å². The first-order chi connectivity index (χ1) is 4.97. The maximum Gasteiger partial charge on any atom is 0 e. The Kier molecular flexibility index (Phi) is 5.60. The molecule has 0 aliphatic carbocycles. The van der Waals surface area contributed by atoms with Crippen LogP contribution in [-0.4, -0.2) is 29.6 Å². The summed E-state index contributed by atoms with van der Waals surface area (Å²) in [5.41, 5.74) is 0. The molecule has 0 amide bonds. The molecule has 2 heteroatoms. The van der Waals surface area contributed by atoms with E-state index in [1.54, 1.807) is 0 Å². The molecule has 0 bridgehead atoms. The average Bonchev–Trinajstić information content (AvgIpc) is 2.05. The molecule has 0 fully saturated rings. The maximum absolute atomic E-state index is 2.12. The number of rotatable bonds is 0. The van der Waals surface area contributed by atoms with Crippen molar-refractivity contribution in [2.24, 2.45) is 0 Å². The number of hydrogen-bond acceptors (Lipinski definition) is 0. The minimum absolute atomic E-state index is 0. The van der Waals surface area contributed by atoms with Gasteiger partial charge in [-0.3, -0.25) is 0 Å². The van der Waals surface area contributed by atoms with E-state index in [9.17, 15) is 0 Å². The van der Waals surface area contributed by atoms with Crippen LogP contribution in [0.2, 0.25) is 0 Å². The summed E-state index contributed by atoms with van der Waals surface area (Å²) in [7, 11) is 0. The van der Waals surface area contributed by atoms with Gasteiger partial charge in [0.15, 0.2) is 0 Å². The van der Waals surface area contributed by atoms with Gasteiger partial charge in [0, 0.05) is 29.6 Å². The Morgan fingerprint density at radius 1 is 0.583 bits per heavy atom. The van der Waals surface area contributed by atoms with Crippen LogP contribution in [-0.2, 0) is 0 Å². The van der Waals surface area contributed by atoms with E-state index >= 15 is 0 Å². The van der Waals surface area contributed by atoms with Gasteiger partial charge in [0.1, 0.15) is 0 Å². The average molecular weight is 188 g/mol. The van der Waals surface area contributed by atoms with Crippen LogP contribution >= 0.6 is 12.4 Å². The number of halogens is 1. The minimum atomic E-state index is 0. The quantitative estimate of drug-likeness (QED) is 0.557. The fourth-order valence-electron chi connectivity index (χ4n) is 1.13. The molecule has 0 unspecified atom stereocenters. The predicted molar refractivity (Wildman–Crippen MR) is 57.0 cm³/mol. The number of hydrogen-bond donors (Lipinski definition) is 0. The molecule has 0 saturated carbocycles. The molecule has 0 aromatic heterocycles. The normalized spacial score (nSPS) is 8.33. The molecular formula is C10H9ClNa. The zero-order valence-corrected chi connectivity index (χ0v) is 9.84. The van der Waals surface area contributed by atoms with Crippen molar-refractivity contribution in [2.45, 2.75) is 0 Å². The van der Waals surface area contributed by atoms with Gasteiger partial charge in [-0.05, 0) is 10.8 Å². The third kappa shape index (κ3) is 2.49. The molecule has 1 radical (unpaired) electrons. The smallest absolute Gasteiger partial charge is 0 e.